The van der Waals surface area contributed by atoms with Crippen molar-refractivity contribution in [2.75, 3.05) is 6.61 Å². The van der Waals surface area contributed by atoms with Crippen molar-refractivity contribution in [2.45, 2.75) is 58.2 Å². The third-order valence-electron chi connectivity index (χ3n) is 3.71. The van der Waals surface area contributed by atoms with Gasteiger partial charge in [0.2, 0.25) is 0 Å². The van der Waals surface area contributed by atoms with Crippen molar-refractivity contribution < 1.29 is 14.6 Å². The van der Waals surface area contributed by atoms with Crippen molar-refractivity contribution in [3.8, 4) is 0 Å². The van der Waals surface area contributed by atoms with Crippen LogP contribution in [0.15, 0.2) is 12.1 Å². The number of hydrogen-bond acceptors (Lipinski definition) is 3. The van der Waals surface area contributed by atoms with Gasteiger partial charge in [-0.15, -0.1) is 0 Å². The molecule has 1 fully saturated rings. The molecule has 0 aliphatic heterocycles. The Bertz CT molecular complexity index is 580. The lowest BCUT2D eigenvalue weighted by Crippen LogP contribution is -2.45. The first-order valence-corrected chi connectivity index (χ1v) is 8.54. The van der Waals surface area contributed by atoms with E-state index in [1.165, 1.54) is 0 Å². The van der Waals surface area contributed by atoms with E-state index >= 15 is 0 Å². The smallest absolute Gasteiger partial charge is 0.410 e. The largest absolute Gasteiger partial charge is 0.446 e. The van der Waals surface area contributed by atoms with Gasteiger partial charge >= 0.3 is 6.09 Å². The highest BCUT2D eigenvalue weighted by molar-refractivity contribution is 6.42. The van der Waals surface area contributed by atoms with Crippen LogP contribution < -0.4 is 0 Å². The normalized spacial score (nSPS) is 14.7. The van der Waals surface area contributed by atoms with Crippen LogP contribution in [0.5, 0.6) is 0 Å². The van der Waals surface area contributed by atoms with Crippen molar-refractivity contribution >= 4 is 29.3 Å². The molecule has 1 amide bonds. The van der Waals surface area contributed by atoms with Crippen LogP contribution in [0, 0.1) is 0 Å². The number of hydrogen-bond donors (Lipinski definition) is 1. The van der Waals surface area contributed by atoms with Gasteiger partial charge in [-0.05, 0) is 57.2 Å². The summed E-state index contributed by atoms with van der Waals surface area (Å²) in [6.07, 6.45) is 2.07. The van der Waals surface area contributed by atoms with Crippen LogP contribution >= 0.6 is 23.2 Å². The van der Waals surface area contributed by atoms with Gasteiger partial charge in [-0.25, -0.2) is 4.79 Å². The van der Waals surface area contributed by atoms with E-state index in [9.17, 15) is 4.79 Å². The molecule has 0 radical (unpaired) electrons. The summed E-state index contributed by atoms with van der Waals surface area (Å²) in [5, 5.41) is 9.98. The molecule has 1 aliphatic carbocycles. The van der Waals surface area contributed by atoms with Gasteiger partial charge in [-0.2, -0.15) is 0 Å². The van der Waals surface area contributed by atoms with Gasteiger partial charge in [-0.1, -0.05) is 29.3 Å². The second kappa shape index (κ2) is 7.29. The number of carbonyl (C=O) groups excluding carboxylic acids is 1. The number of carbonyl (C=O) groups is 1. The molecule has 1 aromatic carbocycles. The molecular weight excluding hydrogens is 337 g/mol. The number of aliphatic hydroxyl groups excluding tert-OH is 1. The van der Waals surface area contributed by atoms with E-state index in [0.29, 0.717) is 23.0 Å². The zero-order valence-corrected chi connectivity index (χ0v) is 15.2. The zero-order valence-electron chi connectivity index (χ0n) is 13.7. The molecule has 4 nitrogen and oxygen atoms in total. The predicted molar refractivity (Wildman–Crippen MR) is 92.1 cm³/mol. The molecule has 0 unspecified atom stereocenters. The maximum Gasteiger partial charge on any atom is 0.410 e. The fraction of sp³-hybridized carbons (Fsp3) is 0.588. The molecule has 0 bridgehead atoms. The number of amides is 1. The Morgan fingerprint density at radius 3 is 2.52 bits per heavy atom. The minimum Gasteiger partial charge on any atom is -0.446 e. The van der Waals surface area contributed by atoms with Gasteiger partial charge in [0.05, 0.1) is 16.6 Å². The van der Waals surface area contributed by atoms with Gasteiger partial charge in [0.15, 0.2) is 0 Å². The SMILES string of the molecule is CC(C)(C)N(Cc1cc(CCO)cc(Cl)c1Cl)C(=O)OC1CC1. The second-order valence-electron chi connectivity index (χ2n) is 6.86. The molecule has 2 rings (SSSR count). The Kier molecular flexibility index (Phi) is 5.82. The van der Waals surface area contributed by atoms with Crippen molar-refractivity contribution in [3.05, 3.63) is 33.3 Å². The number of rotatable bonds is 5. The molecule has 0 spiro atoms. The minimum atomic E-state index is -0.408. The van der Waals surface area contributed by atoms with Crippen LogP contribution in [0.1, 0.15) is 44.7 Å². The van der Waals surface area contributed by atoms with Gasteiger partial charge in [0, 0.05) is 12.1 Å². The summed E-state index contributed by atoms with van der Waals surface area (Å²) >= 11 is 12.5. The molecule has 1 aromatic rings. The second-order valence-corrected chi connectivity index (χ2v) is 7.65. The van der Waals surface area contributed by atoms with E-state index in [1.54, 1.807) is 11.0 Å². The van der Waals surface area contributed by atoms with E-state index in [2.05, 4.69) is 0 Å². The fourth-order valence-corrected chi connectivity index (χ4v) is 2.67. The maximum absolute atomic E-state index is 12.4. The standard InChI is InChI=1S/C17H23Cl2NO3/c1-17(2,3)20(16(22)23-13-4-5-13)10-12-8-11(6-7-21)9-14(18)15(12)19/h8-9,13,21H,4-7,10H2,1-3H3. The summed E-state index contributed by atoms with van der Waals surface area (Å²) in [5.41, 5.74) is 1.24. The Balaban J connectivity index is 2.25. The highest BCUT2D eigenvalue weighted by atomic mass is 35.5. The summed E-state index contributed by atoms with van der Waals surface area (Å²) in [6, 6.07) is 3.63. The van der Waals surface area contributed by atoms with Crippen LogP contribution in [0.3, 0.4) is 0 Å². The van der Waals surface area contributed by atoms with Gasteiger partial charge in [-0.3, -0.25) is 4.90 Å². The van der Waals surface area contributed by atoms with Crippen LogP contribution in [0.25, 0.3) is 0 Å². The van der Waals surface area contributed by atoms with E-state index in [0.717, 1.165) is 24.0 Å². The zero-order chi connectivity index (χ0) is 17.2. The molecule has 6 heteroatoms. The molecule has 1 N–H and O–H groups in total. The van der Waals surface area contributed by atoms with E-state index in [1.807, 2.05) is 26.8 Å². The Morgan fingerprint density at radius 2 is 2.00 bits per heavy atom. The summed E-state index contributed by atoms with van der Waals surface area (Å²) in [7, 11) is 0. The highest BCUT2D eigenvalue weighted by Crippen LogP contribution is 2.32. The van der Waals surface area contributed by atoms with Crippen LogP contribution in [-0.2, 0) is 17.7 Å². The number of halogens is 2. The maximum atomic E-state index is 12.4. The number of aliphatic hydroxyl groups is 1. The third-order valence-corrected chi connectivity index (χ3v) is 4.56. The summed E-state index contributed by atoms with van der Waals surface area (Å²) < 4.78 is 5.44. The van der Waals surface area contributed by atoms with Gasteiger partial charge in [0.25, 0.3) is 0 Å². The molecule has 0 atom stereocenters. The van der Waals surface area contributed by atoms with Crippen molar-refractivity contribution in [1.82, 2.24) is 4.90 Å². The van der Waals surface area contributed by atoms with Crippen LogP contribution in [-0.4, -0.2) is 34.3 Å². The molecule has 0 saturated heterocycles. The predicted octanol–water partition coefficient (Wildman–Crippen LogP) is 4.43. The molecule has 0 heterocycles. The molecule has 0 aromatic heterocycles. The van der Waals surface area contributed by atoms with Crippen LogP contribution in [0.4, 0.5) is 4.79 Å². The fourth-order valence-electron chi connectivity index (χ4n) is 2.23. The molecule has 1 saturated carbocycles. The van der Waals surface area contributed by atoms with Crippen LogP contribution in [0.2, 0.25) is 10.0 Å². The monoisotopic (exact) mass is 359 g/mol. The van der Waals surface area contributed by atoms with Crippen molar-refractivity contribution in [1.29, 1.82) is 0 Å². The Hall–Kier alpha value is -0.970. The lowest BCUT2D eigenvalue weighted by atomic mass is 10.0. The van der Waals surface area contributed by atoms with Crippen molar-refractivity contribution in [3.63, 3.8) is 0 Å². The van der Waals surface area contributed by atoms with Crippen molar-refractivity contribution in [2.24, 2.45) is 0 Å². The Labute approximate surface area is 147 Å². The average molecular weight is 360 g/mol. The lowest BCUT2D eigenvalue weighted by molar-refractivity contribution is 0.0587. The van der Waals surface area contributed by atoms with E-state index < -0.39 is 5.54 Å². The quantitative estimate of drug-likeness (QED) is 0.845. The van der Waals surface area contributed by atoms with Gasteiger partial charge in [0.1, 0.15) is 6.10 Å². The van der Waals surface area contributed by atoms with E-state index in [4.69, 9.17) is 33.0 Å². The topological polar surface area (TPSA) is 49.8 Å². The first-order valence-electron chi connectivity index (χ1n) is 7.78. The average Bonchev–Trinajstić information content (AvgIpc) is 3.23. The first-order chi connectivity index (χ1) is 10.7. The summed E-state index contributed by atoms with van der Waals surface area (Å²) in [4.78, 5) is 14.1. The summed E-state index contributed by atoms with van der Waals surface area (Å²) in [5.74, 6) is 0. The number of nitrogens with zero attached hydrogens (tertiary/aromatic N) is 1. The molecule has 23 heavy (non-hydrogen) atoms. The molecule has 128 valence electrons. The third kappa shape index (κ3) is 5.00. The number of benzene rings is 1. The van der Waals surface area contributed by atoms with Gasteiger partial charge < -0.3 is 9.84 Å². The Morgan fingerprint density at radius 1 is 1.35 bits per heavy atom. The first kappa shape index (κ1) is 18.4. The number of ether oxygens (including phenoxy) is 1. The summed E-state index contributed by atoms with van der Waals surface area (Å²) in [6.45, 7) is 6.20. The van der Waals surface area contributed by atoms with E-state index in [-0.39, 0.29) is 18.8 Å². The minimum absolute atomic E-state index is 0.0319. The highest BCUT2D eigenvalue weighted by Gasteiger charge is 2.33. The molecular formula is C17H23Cl2NO3. The molecule has 1 aliphatic rings. The lowest BCUT2D eigenvalue weighted by Gasteiger charge is -2.35.